The molecule has 6 heteroatoms. The molecule has 1 saturated heterocycles. The van der Waals surface area contributed by atoms with Gasteiger partial charge in [0, 0.05) is 17.8 Å². The van der Waals surface area contributed by atoms with Crippen molar-refractivity contribution in [3.8, 4) is 0 Å². The van der Waals surface area contributed by atoms with Gasteiger partial charge in [0.05, 0.1) is 11.4 Å². The summed E-state index contributed by atoms with van der Waals surface area (Å²) in [6.45, 7) is 6.27. The molecule has 1 N–H and O–H groups in total. The SMILES string of the molecule is Cc1cc(C)cc(C(=O)Nc2cc(N3CCCS3(=O)=O)ccc2C)c1. The van der Waals surface area contributed by atoms with E-state index < -0.39 is 10.0 Å². The van der Waals surface area contributed by atoms with Gasteiger partial charge in [-0.3, -0.25) is 9.10 Å². The van der Waals surface area contributed by atoms with Gasteiger partial charge in [0.25, 0.3) is 5.91 Å². The van der Waals surface area contributed by atoms with Crippen LogP contribution in [0.5, 0.6) is 0 Å². The van der Waals surface area contributed by atoms with Crippen LogP contribution in [-0.2, 0) is 10.0 Å². The number of anilines is 2. The van der Waals surface area contributed by atoms with Crippen molar-refractivity contribution in [1.82, 2.24) is 0 Å². The first-order valence-electron chi connectivity index (χ1n) is 8.27. The minimum Gasteiger partial charge on any atom is -0.322 e. The monoisotopic (exact) mass is 358 g/mol. The molecule has 1 heterocycles. The van der Waals surface area contributed by atoms with E-state index in [9.17, 15) is 13.2 Å². The molecule has 132 valence electrons. The Bertz CT molecular complexity index is 915. The van der Waals surface area contributed by atoms with Crippen LogP contribution in [-0.4, -0.2) is 26.6 Å². The van der Waals surface area contributed by atoms with Crippen molar-refractivity contribution in [2.45, 2.75) is 27.2 Å². The Hall–Kier alpha value is -2.34. The van der Waals surface area contributed by atoms with Crippen LogP contribution in [0.15, 0.2) is 36.4 Å². The minimum atomic E-state index is -3.24. The molecule has 0 saturated carbocycles. The topological polar surface area (TPSA) is 66.5 Å². The number of rotatable bonds is 3. The molecule has 1 fully saturated rings. The molecule has 1 amide bonds. The molecule has 0 spiro atoms. The second kappa shape index (κ2) is 6.52. The Labute approximate surface area is 148 Å². The van der Waals surface area contributed by atoms with Crippen LogP contribution in [0.3, 0.4) is 0 Å². The lowest BCUT2D eigenvalue weighted by Gasteiger charge is -2.19. The maximum atomic E-state index is 12.6. The number of nitrogens with zero attached hydrogens (tertiary/aromatic N) is 1. The zero-order valence-corrected chi connectivity index (χ0v) is 15.5. The highest BCUT2D eigenvalue weighted by atomic mass is 32.2. The first-order chi connectivity index (χ1) is 11.8. The fourth-order valence-electron chi connectivity index (χ4n) is 3.13. The third-order valence-corrected chi connectivity index (χ3v) is 6.21. The molecule has 1 aliphatic heterocycles. The molecule has 5 nitrogen and oxygen atoms in total. The van der Waals surface area contributed by atoms with E-state index in [4.69, 9.17) is 0 Å². The molecule has 2 aromatic carbocycles. The molecule has 0 atom stereocenters. The van der Waals surface area contributed by atoms with E-state index in [1.807, 2.05) is 45.0 Å². The summed E-state index contributed by atoms with van der Waals surface area (Å²) in [7, 11) is -3.24. The lowest BCUT2D eigenvalue weighted by Crippen LogP contribution is -2.25. The molecule has 0 unspecified atom stereocenters. The summed E-state index contributed by atoms with van der Waals surface area (Å²) in [4.78, 5) is 12.6. The van der Waals surface area contributed by atoms with Crippen LogP contribution in [0.2, 0.25) is 0 Å². The lowest BCUT2D eigenvalue weighted by atomic mass is 10.1. The van der Waals surface area contributed by atoms with Gasteiger partial charge in [-0.25, -0.2) is 8.42 Å². The van der Waals surface area contributed by atoms with Crippen molar-refractivity contribution in [1.29, 1.82) is 0 Å². The van der Waals surface area contributed by atoms with E-state index in [1.54, 1.807) is 12.1 Å². The highest BCUT2D eigenvalue weighted by molar-refractivity contribution is 7.93. The maximum absolute atomic E-state index is 12.6. The summed E-state index contributed by atoms with van der Waals surface area (Å²) in [5.41, 5.74) is 4.76. The molecule has 0 bridgehead atoms. The summed E-state index contributed by atoms with van der Waals surface area (Å²) in [5.74, 6) is -0.0261. The van der Waals surface area contributed by atoms with Crippen molar-refractivity contribution < 1.29 is 13.2 Å². The number of amides is 1. The second-order valence-corrected chi connectivity index (χ2v) is 8.58. The number of carbonyl (C=O) groups excluding carboxylic acids is 1. The number of nitrogens with one attached hydrogen (secondary N) is 1. The molecule has 1 aliphatic rings. The zero-order valence-electron chi connectivity index (χ0n) is 14.7. The van der Waals surface area contributed by atoms with Gasteiger partial charge in [-0.05, 0) is 57.0 Å². The molecule has 0 aromatic heterocycles. The Morgan fingerprint density at radius 2 is 1.72 bits per heavy atom. The number of carbonyl (C=O) groups is 1. The van der Waals surface area contributed by atoms with Gasteiger partial charge in [0.2, 0.25) is 10.0 Å². The summed E-state index contributed by atoms with van der Waals surface area (Å²) in [5, 5.41) is 2.91. The number of benzene rings is 2. The zero-order chi connectivity index (χ0) is 18.2. The fourth-order valence-corrected chi connectivity index (χ4v) is 4.69. The van der Waals surface area contributed by atoms with E-state index >= 15 is 0 Å². The minimum absolute atomic E-state index is 0.172. The average Bonchev–Trinajstić information content (AvgIpc) is 2.88. The molecule has 2 aromatic rings. The Balaban J connectivity index is 1.90. The predicted octanol–water partition coefficient (Wildman–Crippen LogP) is 3.40. The fraction of sp³-hybridized carbons (Fsp3) is 0.316. The molecular formula is C19H22N2O3S. The van der Waals surface area contributed by atoms with E-state index in [2.05, 4.69) is 5.32 Å². The standard InChI is InChI=1S/C19H22N2O3S/c1-13-9-14(2)11-16(10-13)19(22)20-18-12-17(6-5-15(18)3)21-7-4-8-25(21,23)24/h5-6,9-12H,4,7-8H2,1-3H3,(H,20,22). The second-order valence-electron chi connectivity index (χ2n) is 6.57. The van der Waals surface area contributed by atoms with E-state index in [-0.39, 0.29) is 11.7 Å². The third kappa shape index (κ3) is 3.69. The summed E-state index contributed by atoms with van der Waals surface area (Å²) in [6, 6.07) is 11.0. The average molecular weight is 358 g/mol. The van der Waals surface area contributed by atoms with Crippen molar-refractivity contribution in [3.05, 3.63) is 58.7 Å². The first kappa shape index (κ1) is 17.5. The van der Waals surface area contributed by atoms with Gasteiger partial charge in [0.1, 0.15) is 0 Å². The van der Waals surface area contributed by atoms with Gasteiger partial charge >= 0.3 is 0 Å². The Morgan fingerprint density at radius 1 is 1.04 bits per heavy atom. The van der Waals surface area contributed by atoms with Crippen LogP contribution in [0.4, 0.5) is 11.4 Å². The first-order valence-corrected chi connectivity index (χ1v) is 9.88. The largest absolute Gasteiger partial charge is 0.322 e. The number of sulfonamides is 1. The van der Waals surface area contributed by atoms with Gasteiger partial charge in [-0.1, -0.05) is 23.3 Å². The van der Waals surface area contributed by atoms with Gasteiger partial charge in [-0.15, -0.1) is 0 Å². The van der Waals surface area contributed by atoms with Crippen LogP contribution in [0, 0.1) is 20.8 Å². The summed E-state index contributed by atoms with van der Waals surface area (Å²) < 4.78 is 25.6. The van der Waals surface area contributed by atoms with Crippen LogP contribution in [0.25, 0.3) is 0 Å². The van der Waals surface area contributed by atoms with E-state index in [0.29, 0.717) is 29.9 Å². The lowest BCUT2D eigenvalue weighted by molar-refractivity contribution is 0.102. The van der Waals surface area contributed by atoms with Crippen molar-refractivity contribution >= 4 is 27.3 Å². The summed E-state index contributed by atoms with van der Waals surface area (Å²) in [6.07, 6.45) is 0.625. The van der Waals surface area contributed by atoms with Crippen molar-refractivity contribution in [3.63, 3.8) is 0 Å². The van der Waals surface area contributed by atoms with Crippen molar-refractivity contribution in [2.24, 2.45) is 0 Å². The quantitative estimate of drug-likeness (QED) is 0.914. The van der Waals surface area contributed by atoms with Crippen LogP contribution in [0.1, 0.15) is 33.5 Å². The third-order valence-electron chi connectivity index (χ3n) is 4.34. The maximum Gasteiger partial charge on any atom is 0.255 e. The van der Waals surface area contributed by atoms with Crippen LogP contribution < -0.4 is 9.62 Å². The number of hydrogen-bond acceptors (Lipinski definition) is 3. The van der Waals surface area contributed by atoms with Gasteiger partial charge in [0.15, 0.2) is 0 Å². The highest BCUT2D eigenvalue weighted by Crippen LogP contribution is 2.29. The van der Waals surface area contributed by atoms with Crippen molar-refractivity contribution in [2.75, 3.05) is 21.9 Å². The Kier molecular flexibility index (Phi) is 4.56. The smallest absolute Gasteiger partial charge is 0.255 e. The van der Waals surface area contributed by atoms with Crippen LogP contribution >= 0.6 is 0 Å². The van der Waals surface area contributed by atoms with Gasteiger partial charge < -0.3 is 5.32 Å². The normalized spacial score (nSPS) is 16.0. The highest BCUT2D eigenvalue weighted by Gasteiger charge is 2.28. The summed E-state index contributed by atoms with van der Waals surface area (Å²) >= 11 is 0. The Morgan fingerprint density at radius 3 is 2.32 bits per heavy atom. The van der Waals surface area contributed by atoms with Gasteiger partial charge in [-0.2, -0.15) is 0 Å². The molecule has 0 aliphatic carbocycles. The predicted molar refractivity (Wildman–Crippen MR) is 101 cm³/mol. The number of hydrogen-bond donors (Lipinski definition) is 1. The van der Waals surface area contributed by atoms with E-state index in [1.165, 1.54) is 4.31 Å². The molecular weight excluding hydrogens is 336 g/mol. The molecule has 25 heavy (non-hydrogen) atoms. The molecule has 3 rings (SSSR count). The van der Waals surface area contributed by atoms with E-state index in [0.717, 1.165) is 16.7 Å². The molecule has 0 radical (unpaired) electrons. The number of aryl methyl sites for hydroxylation is 3.